The van der Waals surface area contributed by atoms with Crippen LogP contribution in [-0.2, 0) is 16.6 Å². The number of nitrogens with one attached hydrogen (secondary N) is 2. The number of halogens is 4. The Hall–Kier alpha value is -2.37. The second-order valence-electron chi connectivity index (χ2n) is 9.28. The Morgan fingerprint density at radius 3 is 2.59 bits per heavy atom. The molecule has 39 heavy (non-hydrogen) atoms. The third-order valence-electron chi connectivity index (χ3n) is 6.47. The molecule has 1 saturated heterocycles. The molecule has 0 spiro atoms. The SMILES string of the molecule is CN1CCC(Nc2ncc3cc(-c4c(Cl)ccc(NS(=O)(=O)c5cc(Cl)cc(CO)c5Cl)c4Cl)ccc3n2)C1. The Kier molecular flexibility index (Phi) is 8.13. The molecule has 4 aromatic rings. The quantitative estimate of drug-likeness (QED) is 0.220. The number of sulfonamides is 1. The van der Waals surface area contributed by atoms with Gasteiger partial charge < -0.3 is 15.3 Å². The van der Waals surface area contributed by atoms with Crippen LogP contribution in [0.15, 0.2) is 53.6 Å². The van der Waals surface area contributed by atoms with E-state index >= 15 is 0 Å². The van der Waals surface area contributed by atoms with Crippen LogP contribution in [0.5, 0.6) is 0 Å². The van der Waals surface area contributed by atoms with Crippen molar-refractivity contribution >= 4 is 79.0 Å². The van der Waals surface area contributed by atoms with E-state index in [4.69, 9.17) is 46.4 Å². The third kappa shape index (κ3) is 5.90. The van der Waals surface area contributed by atoms with Gasteiger partial charge in [0.05, 0.1) is 32.9 Å². The lowest BCUT2D eigenvalue weighted by molar-refractivity contribution is 0.281. The van der Waals surface area contributed by atoms with Crippen LogP contribution in [-0.4, -0.2) is 54.6 Å². The largest absolute Gasteiger partial charge is 0.392 e. The van der Waals surface area contributed by atoms with Gasteiger partial charge >= 0.3 is 0 Å². The second-order valence-corrected chi connectivity index (χ2v) is 12.5. The van der Waals surface area contributed by atoms with E-state index in [-0.39, 0.29) is 31.2 Å². The molecule has 204 valence electrons. The van der Waals surface area contributed by atoms with Gasteiger partial charge in [-0.25, -0.2) is 18.4 Å². The number of likely N-dealkylation sites (tertiary alicyclic amines) is 1. The summed E-state index contributed by atoms with van der Waals surface area (Å²) >= 11 is 25.5. The molecule has 2 heterocycles. The zero-order chi connectivity index (χ0) is 27.9. The molecule has 0 radical (unpaired) electrons. The molecular weight excluding hydrogens is 604 g/mol. The number of nitrogens with zero attached hydrogens (tertiary/aromatic N) is 3. The lowest BCUT2D eigenvalue weighted by Gasteiger charge is -2.16. The number of rotatable bonds is 7. The highest BCUT2D eigenvalue weighted by molar-refractivity contribution is 7.92. The van der Waals surface area contributed by atoms with Gasteiger partial charge in [0.15, 0.2) is 0 Å². The van der Waals surface area contributed by atoms with Gasteiger partial charge in [0.25, 0.3) is 10.0 Å². The van der Waals surface area contributed by atoms with Crippen LogP contribution < -0.4 is 10.0 Å². The third-order valence-corrected chi connectivity index (χ3v) is 9.34. The predicted molar refractivity (Wildman–Crippen MR) is 158 cm³/mol. The van der Waals surface area contributed by atoms with Crippen LogP contribution in [0.4, 0.5) is 11.6 Å². The average Bonchev–Trinajstić information content (AvgIpc) is 3.31. The second kappa shape index (κ2) is 11.2. The van der Waals surface area contributed by atoms with Crippen molar-refractivity contribution in [2.24, 2.45) is 0 Å². The maximum absolute atomic E-state index is 13.2. The molecule has 8 nitrogen and oxygen atoms in total. The van der Waals surface area contributed by atoms with Gasteiger partial charge in [-0.3, -0.25) is 4.72 Å². The minimum atomic E-state index is -4.22. The zero-order valence-corrected chi connectivity index (χ0v) is 24.4. The predicted octanol–water partition coefficient (Wildman–Crippen LogP) is 6.32. The van der Waals surface area contributed by atoms with Crippen molar-refractivity contribution in [1.29, 1.82) is 0 Å². The van der Waals surface area contributed by atoms with Gasteiger partial charge in [-0.05, 0) is 67.5 Å². The molecule has 1 aliphatic rings. The van der Waals surface area contributed by atoms with E-state index in [1.807, 2.05) is 18.2 Å². The van der Waals surface area contributed by atoms with Crippen molar-refractivity contribution in [3.05, 3.63) is 74.3 Å². The summed E-state index contributed by atoms with van der Waals surface area (Å²) in [5, 5.41) is 14.1. The van der Waals surface area contributed by atoms with Crippen LogP contribution in [0.3, 0.4) is 0 Å². The van der Waals surface area contributed by atoms with Crippen LogP contribution in [0.2, 0.25) is 20.1 Å². The monoisotopic (exact) mass is 625 g/mol. The molecule has 1 unspecified atom stereocenters. The summed E-state index contributed by atoms with van der Waals surface area (Å²) < 4.78 is 28.9. The maximum Gasteiger partial charge on any atom is 0.263 e. The van der Waals surface area contributed by atoms with Gasteiger partial charge in [0.2, 0.25) is 5.95 Å². The highest BCUT2D eigenvalue weighted by Gasteiger charge is 2.24. The maximum atomic E-state index is 13.2. The first-order valence-electron chi connectivity index (χ1n) is 11.9. The molecule has 13 heteroatoms. The molecule has 5 rings (SSSR count). The fourth-order valence-electron chi connectivity index (χ4n) is 4.52. The number of fused-ring (bicyclic) bond motifs is 1. The van der Waals surface area contributed by atoms with Gasteiger partial charge in [-0.2, -0.15) is 0 Å². The minimum Gasteiger partial charge on any atom is -0.392 e. The topological polar surface area (TPSA) is 107 Å². The molecule has 3 aromatic carbocycles. The number of anilines is 2. The van der Waals surface area contributed by atoms with Crippen molar-refractivity contribution in [3.63, 3.8) is 0 Å². The lowest BCUT2D eigenvalue weighted by atomic mass is 10.0. The van der Waals surface area contributed by atoms with Gasteiger partial charge in [0, 0.05) is 34.8 Å². The molecule has 3 N–H and O–H groups in total. The Labute approximate surface area is 245 Å². The van der Waals surface area contributed by atoms with Crippen molar-refractivity contribution in [2.75, 3.05) is 30.2 Å². The van der Waals surface area contributed by atoms with E-state index in [2.05, 4.69) is 32.0 Å². The van der Waals surface area contributed by atoms with E-state index < -0.39 is 16.6 Å². The Morgan fingerprint density at radius 2 is 1.87 bits per heavy atom. The number of likely N-dealkylation sites (N-methyl/N-ethyl adjacent to an activating group) is 1. The van der Waals surface area contributed by atoms with Crippen molar-refractivity contribution < 1.29 is 13.5 Å². The normalized spacial score (nSPS) is 16.1. The molecule has 1 atom stereocenters. The zero-order valence-electron chi connectivity index (χ0n) is 20.6. The smallest absolute Gasteiger partial charge is 0.263 e. The van der Waals surface area contributed by atoms with E-state index in [1.54, 1.807) is 12.3 Å². The minimum absolute atomic E-state index is 0.0927. The van der Waals surface area contributed by atoms with Crippen molar-refractivity contribution in [2.45, 2.75) is 24.0 Å². The summed E-state index contributed by atoms with van der Waals surface area (Å²) in [6.07, 6.45) is 2.75. The van der Waals surface area contributed by atoms with Crippen molar-refractivity contribution in [3.8, 4) is 11.1 Å². The van der Waals surface area contributed by atoms with Crippen molar-refractivity contribution in [1.82, 2.24) is 14.9 Å². The summed E-state index contributed by atoms with van der Waals surface area (Å²) in [6.45, 7) is 1.49. The molecule has 0 saturated carbocycles. The van der Waals surface area contributed by atoms with Crippen LogP contribution in [0.25, 0.3) is 22.0 Å². The molecule has 0 aliphatic carbocycles. The van der Waals surface area contributed by atoms with Gasteiger partial charge in [0.1, 0.15) is 4.90 Å². The number of benzene rings is 3. The molecule has 0 amide bonds. The van der Waals surface area contributed by atoms with Crippen LogP contribution in [0.1, 0.15) is 12.0 Å². The Morgan fingerprint density at radius 1 is 1.08 bits per heavy atom. The first-order chi connectivity index (χ1) is 18.6. The number of aliphatic hydroxyl groups excluding tert-OH is 1. The summed E-state index contributed by atoms with van der Waals surface area (Å²) in [5.41, 5.74) is 2.10. The number of hydrogen-bond acceptors (Lipinski definition) is 7. The molecule has 1 aliphatic heterocycles. The number of aromatic nitrogens is 2. The lowest BCUT2D eigenvalue weighted by Crippen LogP contribution is -2.24. The molecule has 0 bridgehead atoms. The van der Waals surface area contributed by atoms with E-state index in [0.717, 1.165) is 30.4 Å². The Balaban J connectivity index is 1.47. The number of hydrogen-bond donors (Lipinski definition) is 3. The summed E-state index contributed by atoms with van der Waals surface area (Å²) in [4.78, 5) is 11.1. The molecular formula is C26H23Cl4N5O3S. The fraction of sp³-hybridized carbons (Fsp3) is 0.231. The standard InChI is InChI=1S/C26H23Cl4N5O3S/c1-35-7-6-18(12-35)32-26-31-11-15-8-14(2-4-20(15)33-26)23-19(28)3-5-21(25(23)30)34-39(37,38)22-10-17(27)9-16(13-36)24(22)29/h2-5,8-11,18,34,36H,6-7,12-13H2,1H3,(H,31,32,33). The van der Waals surface area contributed by atoms with E-state index in [0.29, 0.717) is 28.1 Å². The average molecular weight is 627 g/mol. The van der Waals surface area contributed by atoms with Gasteiger partial charge in [-0.1, -0.05) is 52.5 Å². The van der Waals surface area contributed by atoms with Crippen LogP contribution >= 0.6 is 46.4 Å². The summed E-state index contributed by atoms with van der Waals surface area (Å²) in [6, 6.07) is 11.4. The van der Waals surface area contributed by atoms with E-state index in [9.17, 15) is 13.5 Å². The summed E-state index contributed by atoms with van der Waals surface area (Å²) in [7, 11) is -2.14. The Bertz CT molecular complexity index is 1690. The highest BCUT2D eigenvalue weighted by Crippen LogP contribution is 2.41. The van der Waals surface area contributed by atoms with Gasteiger partial charge in [-0.15, -0.1) is 0 Å². The van der Waals surface area contributed by atoms with E-state index in [1.165, 1.54) is 18.2 Å². The molecule has 1 aromatic heterocycles. The first-order valence-corrected chi connectivity index (χ1v) is 14.9. The first kappa shape index (κ1) is 28.2. The fourth-order valence-corrected chi connectivity index (χ4v) is 7.21. The van der Waals surface area contributed by atoms with Crippen LogP contribution in [0, 0.1) is 0 Å². The highest BCUT2D eigenvalue weighted by atomic mass is 35.5. The summed E-state index contributed by atoms with van der Waals surface area (Å²) in [5.74, 6) is 0.562. The number of aliphatic hydroxyl groups is 1. The molecule has 1 fully saturated rings.